The standard InChI is InChI=1S/C45H65N7O6S/c1-7-26-47-51-42(56)34-22-24-35(25-23-34)49-38(54)16-14-12-10-8-9-11-13-15-17-39(55)50-41(45(4,5)6)44(58)52-28-36(53)27-37(52)43(57)48-30(2)32-18-20-33(21-19-32)40-31(3)46-29-59-40/h18-25,29-30,36-37,41,47,53H,7-17,26-28H2,1-6H3,(H,48,57)(H,49,54)(H,50,55)(H,51,56). The van der Waals surface area contributed by atoms with Gasteiger partial charge in [0.05, 0.1) is 28.2 Å². The number of nitrogens with one attached hydrogen (secondary N) is 5. The van der Waals surface area contributed by atoms with Crippen LogP contribution in [0.4, 0.5) is 5.69 Å². The second-order valence-corrected chi connectivity index (χ2v) is 17.6. The van der Waals surface area contributed by atoms with Gasteiger partial charge in [-0.15, -0.1) is 11.3 Å². The zero-order chi connectivity index (χ0) is 43.0. The average Bonchev–Trinajstić information content (AvgIpc) is 3.82. The number of hydrogen-bond donors (Lipinski definition) is 6. The topological polar surface area (TPSA) is 182 Å². The summed E-state index contributed by atoms with van der Waals surface area (Å²) in [5.41, 5.74) is 10.8. The molecule has 0 radical (unpaired) electrons. The molecule has 322 valence electrons. The maximum absolute atomic E-state index is 14.0. The summed E-state index contributed by atoms with van der Waals surface area (Å²) in [6.45, 7) is 12.3. The molecule has 3 aromatic rings. The predicted molar refractivity (Wildman–Crippen MR) is 233 cm³/mol. The number of aliphatic hydroxyl groups is 1. The second-order valence-electron chi connectivity index (χ2n) is 16.7. The Labute approximate surface area is 353 Å². The van der Waals surface area contributed by atoms with E-state index < -0.39 is 23.6 Å². The smallest absolute Gasteiger partial charge is 0.265 e. The number of unbranched alkanes of at least 4 members (excludes halogenated alkanes) is 7. The molecule has 5 amide bonds. The average molecular weight is 832 g/mol. The number of rotatable bonds is 22. The Balaban J connectivity index is 1.12. The Morgan fingerprint density at radius 2 is 1.47 bits per heavy atom. The van der Waals surface area contributed by atoms with Gasteiger partial charge in [-0.1, -0.05) is 90.5 Å². The fourth-order valence-electron chi connectivity index (χ4n) is 7.15. The van der Waals surface area contributed by atoms with Crippen LogP contribution in [0.3, 0.4) is 0 Å². The number of nitrogens with zero attached hydrogens (tertiary/aromatic N) is 2. The van der Waals surface area contributed by atoms with Crippen LogP contribution in [0.1, 0.15) is 139 Å². The molecular weight excluding hydrogens is 767 g/mol. The van der Waals surface area contributed by atoms with Gasteiger partial charge in [-0.3, -0.25) is 29.4 Å². The van der Waals surface area contributed by atoms with Crippen molar-refractivity contribution in [1.29, 1.82) is 0 Å². The molecule has 13 nitrogen and oxygen atoms in total. The molecule has 0 bridgehead atoms. The molecular formula is C45H65N7O6S. The number of aryl methyl sites for hydroxylation is 1. The predicted octanol–water partition coefficient (Wildman–Crippen LogP) is 6.97. The van der Waals surface area contributed by atoms with Gasteiger partial charge in [-0.05, 0) is 73.9 Å². The van der Waals surface area contributed by atoms with Gasteiger partial charge >= 0.3 is 0 Å². The number of carbonyl (C=O) groups is 5. The number of hydrogen-bond acceptors (Lipinski definition) is 9. The number of hydrazine groups is 1. The molecule has 0 aliphatic carbocycles. The van der Waals surface area contributed by atoms with Crippen LogP contribution in [0.15, 0.2) is 54.0 Å². The molecule has 1 aliphatic heterocycles. The van der Waals surface area contributed by atoms with Gasteiger partial charge in [0.15, 0.2) is 0 Å². The van der Waals surface area contributed by atoms with E-state index in [0.717, 1.165) is 73.1 Å². The maximum atomic E-state index is 14.0. The highest BCUT2D eigenvalue weighted by Gasteiger charge is 2.44. The summed E-state index contributed by atoms with van der Waals surface area (Å²) < 4.78 is 0. The van der Waals surface area contributed by atoms with Crippen LogP contribution in [0, 0.1) is 12.3 Å². The first-order valence-electron chi connectivity index (χ1n) is 21.2. The highest BCUT2D eigenvalue weighted by atomic mass is 32.1. The molecule has 1 aliphatic rings. The lowest BCUT2D eigenvalue weighted by atomic mass is 9.85. The summed E-state index contributed by atoms with van der Waals surface area (Å²) in [6, 6.07) is 12.8. The highest BCUT2D eigenvalue weighted by Crippen LogP contribution is 2.30. The number of aliphatic hydroxyl groups excluding tert-OH is 1. The van der Waals surface area contributed by atoms with E-state index in [2.05, 4.69) is 31.8 Å². The van der Waals surface area contributed by atoms with E-state index in [9.17, 15) is 29.1 Å². The number of carbonyl (C=O) groups excluding carboxylic acids is 5. The van der Waals surface area contributed by atoms with E-state index in [0.29, 0.717) is 37.1 Å². The van der Waals surface area contributed by atoms with Crippen LogP contribution in [-0.2, 0) is 19.2 Å². The second kappa shape index (κ2) is 23.2. The molecule has 14 heteroatoms. The third kappa shape index (κ3) is 14.8. The first kappa shape index (κ1) is 47.0. The lowest BCUT2D eigenvalue weighted by Crippen LogP contribution is -2.57. The number of benzene rings is 2. The number of β-amino-alcohol motifs (C(OH)–C–C–N with tert-alkyl or cyclic N) is 1. The molecule has 0 saturated carbocycles. The van der Waals surface area contributed by atoms with Crippen LogP contribution in [0.2, 0.25) is 0 Å². The molecule has 1 fully saturated rings. The van der Waals surface area contributed by atoms with Gasteiger partial charge in [0, 0.05) is 43.6 Å². The number of aromatic nitrogens is 1. The van der Waals surface area contributed by atoms with E-state index in [1.54, 1.807) is 35.6 Å². The minimum atomic E-state index is -0.857. The maximum Gasteiger partial charge on any atom is 0.265 e. The molecule has 59 heavy (non-hydrogen) atoms. The van der Waals surface area contributed by atoms with E-state index in [1.807, 2.05) is 71.3 Å². The fraction of sp³-hybridized carbons (Fsp3) is 0.556. The van der Waals surface area contributed by atoms with Crippen molar-refractivity contribution in [1.82, 2.24) is 31.4 Å². The summed E-state index contributed by atoms with van der Waals surface area (Å²) in [4.78, 5) is 72.1. The quantitative estimate of drug-likeness (QED) is 0.0464. The molecule has 1 saturated heterocycles. The van der Waals surface area contributed by atoms with Crippen molar-refractivity contribution in [2.24, 2.45) is 5.41 Å². The first-order chi connectivity index (χ1) is 28.2. The zero-order valence-electron chi connectivity index (χ0n) is 35.7. The van der Waals surface area contributed by atoms with Gasteiger partial charge in [-0.25, -0.2) is 10.4 Å². The van der Waals surface area contributed by atoms with Crippen molar-refractivity contribution >= 4 is 46.6 Å². The van der Waals surface area contributed by atoms with E-state index in [1.165, 1.54) is 4.90 Å². The van der Waals surface area contributed by atoms with Crippen LogP contribution >= 0.6 is 11.3 Å². The lowest BCUT2D eigenvalue weighted by molar-refractivity contribution is -0.144. The Bertz CT molecular complexity index is 1820. The highest BCUT2D eigenvalue weighted by molar-refractivity contribution is 7.13. The van der Waals surface area contributed by atoms with Crippen molar-refractivity contribution in [2.45, 2.75) is 143 Å². The van der Waals surface area contributed by atoms with E-state index in [4.69, 9.17) is 0 Å². The Hall–Kier alpha value is -4.66. The largest absolute Gasteiger partial charge is 0.391 e. The van der Waals surface area contributed by atoms with Crippen molar-refractivity contribution in [3.63, 3.8) is 0 Å². The van der Waals surface area contributed by atoms with Gasteiger partial charge < -0.3 is 26.0 Å². The van der Waals surface area contributed by atoms with Crippen LogP contribution in [0.5, 0.6) is 0 Å². The number of thiazole rings is 1. The summed E-state index contributed by atoms with van der Waals surface area (Å²) in [6.07, 6.45) is 8.41. The first-order valence-corrected chi connectivity index (χ1v) is 22.1. The summed E-state index contributed by atoms with van der Waals surface area (Å²) in [7, 11) is 0. The number of likely N-dealkylation sites (tertiary alicyclic amines) is 1. The molecule has 0 spiro atoms. The summed E-state index contributed by atoms with van der Waals surface area (Å²) >= 11 is 1.58. The zero-order valence-corrected chi connectivity index (χ0v) is 36.5. The van der Waals surface area contributed by atoms with Gasteiger partial charge in [0.1, 0.15) is 12.1 Å². The molecule has 6 N–H and O–H groups in total. The SMILES string of the molecule is CCCNNC(=O)c1ccc(NC(=O)CCCCCCCCCCC(=O)NC(C(=O)N2CC(O)CC2C(=O)NC(C)c2ccc(-c3scnc3C)cc2)C(C)(C)C)cc1. The normalized spacial score (nSPS) is 16.3. The van der Waals surface area contributed by atoms with E-state index in [-0.39, 0.29) is 48.5 Å². The fourth-order valence-corrected chi connectivity index (χ4v) is 7.96. The molecule has 4 atom stereocenters. The van der Waals surface area contributed by atoms with Crippen molar-refractivity contribution in [3.05, 3.63) is 70.9 Å². The van der Waals surface area contributed by atoms with Crippen molar-refractivity contribution in [2.75, 3.05) is 18.4 Å². The summed E-state index contributed by atoms with van der Waals surface area (Å²) in [5.74, 6) is -1.17. The van der Waals surface area contributed by atoms with Crippen LogP contribution < -0.4 is 26.8 Å². The van der Waals surface area contributed by atoms with Crippen molar-refractivity contribution < 1.29 is 29.1 Å². The third-order valence-corrected chi connectivity index (χ3v) is 11.6. The molecule has 4 rings (SSSR count). The van der Waals surface area contributed by atoms with Gasteiger partial charge in [-0.2, -0.15) is 0 Å². The number of anilines is 1. The molecule has 4 unspecified atom stereocenters. The van der Waals surface area contributed by atoms with Gasteiger partial charge in [0.25, 0.3) is 5.91 Å². The van der Waals surface area contributed by atoms with E-state index >= 15 is 0 Å². The molecule has 2 heterocycles. The third-order valence-electron chi connectivity index (χ3n) is 10.6. The minimum Gasteiger partial charge on any atom is -0.391 e. The molecule has 2 aromatic carbocycles. The Morgan fingerprint density at radius 1 is 0.864 bits per heavy atom. The molecule has 1 aromatic heterocycles. The monoisotopic (exact) mass is 831 g/mol. The van der Waals surface area contributed by atoms with Gasteiger partial charge in [0.2, 0.25) is 23.6 Å². The summed E-state index contributed by atoms with van der Waals surface area (Å²) in [5, 5.41) is 19.5. The van der Waals surface area contributed by atoms with Crippen molar-refractivity contribution in [3.8, 4) is 10.4 Å². The van der Waals surface area contributed by atoms with Crippen LogP contribution in [0.25, 0.3) is 10.4 Å². The number of amides is 5. The minimum absolute atomic E-state index is 0.0261. The Kier molecular flexibility index (Phi) is 18.5. The van der Waals surface area contributed by atoms with Crippen LogP contribution in [-0.4, -0.2) is 75.8 Å². The Morgan fingerprint density at radius 3 is 2.05 bits per heavy atom. The lowest BCUT2D eigenvalue weighted by Gasteiger charge is -2.35.